The number of hydrogen-bond donors (Lipinski definition) is 1. The second kappa shape index (κ2) is 8.28. The molecule has 106 valence electrons. The van der Waals surface area contributed by atoms with Crippen LogP contribution in [-0.2, 0) is 11.2 Å². The van der Waals surface area contributed by atoms with Crippen molar-refractivity contribution in [3.63, 3.8) is 0 Å². The van der Waals surface area contributed by atoms with Gasteiger partial charge in [0.15, 0.2) is 0 Å². The first kappa shape index (κ1) is 14.5. The van der Waals surface area contributed by atoms with Crippen molar-refractivity contribution in [2.75, 3.05) is 13.2 Å². The van der Waals surface area contributed by atoms with E-state index in [0.717, 1.165) is 19.6 Å². The molecule has 3 nitrogen and oxygen atoms in total. The largest absolute Gasteiger partial charge is 0.378 e. The highest BCUT2D eigenvalue weighted by molar-refractivity contribution is 5.11. The fourth-order valence-corrected chi connectivity index (χ4v) is 2.79. The van der Waals surface area contributed by atoms with Crippen LogP contribution < -0.4 is 5.32 Å². The number of rotatable bonds is 7. The second-order valence-electron chi connectivity index (χ2n) is 5.38. The van der Waals surface area contributed by atoms with Crippen LogP contribution in [0.3, 0.4) is 0 Å². The van der Waals surface area contributed by atoms with Crippen molar-refractivity contribution in [2.45, 2.75) is 57.6 Å². The molecule has 0 amide bonds. The summed E-state index contributed by atoms with van der Waals surface area (Å²) in [5, 5.41) is 3.59. The molecule has 1 aromatic heterocycles. The summed E-state index contributed by atoms with van der Waals surface area (Å²) in [5.41, 5.74) is 1.37. The van der Waals surface area contributed by atoms with E-state index < -0.39 is 0 Å². The Balaban J connectivity index is 1.78. The van der Waals surface area contributed by atoms with Crippen LogP contribution in [0.1, 0.15) is 44.6 Å². The Morgan fingerprint density at radius 2 is 2.21 bits per heavy atom. The quantitative estimate of drug-likeness (QED) is 0.820. The van der Waals surface area contributed by atoms with Crippen molar-refractivity contribution in [2.24, 2.45) is 0 Å². The maximum absolute atomic E-state index is 5.82. The van der Waals surface area contributed by atoms with Gasteiger partial charge in [-0.1, -0.05) is 6.92 Å². The fraction of sp³-hybridized carbons (Fsp3) is 0.688. The molecule has 3 heteroatoms. The average molecular weight is 262 g/mol. The normalized spacial score (nSPS) is 21.2. The van der Waals surface area contributed by atoms with Gasteiger partial charge in [0.05, 0.1) is 6.10 Å². The van der Waals surface area contributed by atoms with Crippen LogP contribution in [0.2, 0.25) is 0 Å². The van der Waals surface area contributed by atoms with Gasteiger partial charge in [-0.2, -0.15) is 0 Å². The molecule has 0 aromatic carbocycles. The Morgan fingerprint density at radius 1 is 1.37 bits per heavy atom. The molecule has 1 aliphatic heterocycles. The lowest BCUT2D eigenvalue weighted by Crippen LogP contribution is -2.32. The molecule has 2 heterocycles. The number of nitrogens with zero attached hydrogens (tertiary/aromatic N) is 1. The van der Waals surface area contributed by atoms with Gasteiger partial charge in [0.1, 0.15) is 0 Å². The third kappa shape index (κ3) is 5.29. The van der Waals surface area contributed by atoms with E-state index in [2.05, 4.69) is 29.4 Å². The summed E-state index contributed by atoms with van der Waals surface area (Å²) >= 11 is 0. The highest BCUT2D eigenvalue weighted by atomic mass is 16.5. The smallest absolute Gasteiger partial charge is 0.0575 e. The Morgan fingerprint density at radius 3 is 2.89 bits per heavy atom. The standard InChI is InChI=1S/C16H26N2O/c1-2-18-15(13-14-8-10-17-11-9-14)6-7-16-5-3-4-12-19-16/h8-11,15-16,18H,2-7,12-13H2,1H3. The molecule has 0 radical (unpaired) electrons. The summed E-state index contributed by atoms with van der Waals surface area (Å²) in [7, 11) is 0. The van der Waals surface area contributed by atoms with Crippen LogP contribution in [-0.4, -0.2) is 30.3 Å². The first-order valence-corrected chi connectivity index (χ1v) is 7.62. The first-order chi connectivity index (χ1) is 9.38. The third-order valence-corrected chi connectivity index (χ3v) is 3.84. The van der Waals surface area contributed by atoms with Gasteiger partial charge in [-0.3, -0.25) is 4.98 Å². The first-order valence-electron chi connectivity index (χ1n) is 7.62. The minimum atomic E-state index is 0.493. The molecule has 2 unspecified atom stereocenters. The number of likely N-dealkylation sites (N-methyl/N-ethyl adjacent to an activating group) is 1. The lowest BCUT2D eigenvalue weighted by Gasteiger charge is -2.25. The van der Waals surface area contributed by atoms with Gasteiger partial charge >= 0.3 is 0 Å². The van der Waals surface area contributed by atoms with E-state index in [1.165, 1.54) is 37.7 Å². The Labute approximate surface area is 116 Å². The van der Waals surface area contributed by atoms with Gasteiger partial charge in [0.25, 0.3) is 0 Å². The zero-order chi connectivity index (χ0) is 13.3. The van der Waals surface area contributed by atoms with Crippen LogP contribution >= 0.6 is 0 Å². The molecule has 2 rings (SSSR count). The van der Waals surface area contributed by atoms with Gasteiger partial charge in [0.2, 0.25) is 0 Å². The average Bonchev–Trinajstić information content (AvgIpc) is 2.47. The van der Waals surface area contributed by atoms with Crippen LogP contribution in [0.25, 0.3) is 0 Å². The monoisotopic (exact) mass is 262 g/mol. The minimum absolute atomic E-state index is 0.493. The van der Waals surface area contributed by atoms with Gasteiger partial charge < -0.3 is 10.1 Å². The summed E-state index contributed by atoms with van der Waals surface area (Å²) in [6, 6.07) is 4.78. The van der Waals surface area contributed by atoms with E-state index in [4.69, 9.17) is 4.74 Å². The molecule has 19 heavy (non-hydrogen) atoms. The molecule has 0 aliphatic carbocycles. The number of aromatic nitrogens is 1. The lowest BCUT2D eigenvalue weighted by molar-refractivity contribution is 0.00860. The van der Waals surface area contributed by atoms with Crippen LogP contribution in [0.15, 0.2) is 24.5 Å². The zero-order valence-electron chi connectivity index (χ0n) is 12.0. The molecule has 1 N–H and O–H groups in total. The van der Waals surface area contributed by atoms with E-state index in [1.54, 1.807) is 0 Å². The molecule has 1 saturated heterocycles. The molecule has 1 aliphatic rings. The summed E-state index contributed by atoms with van der Waals surface area (Å²) in [6.07, 6.45) is 11.5. The van der Waals surface area contributed by atoms with Crippen LogP contribution in [0.4, 0.5) is 0 Å². The third-order valence-electron chi connectivity index (χ3n) is 3.84. The van der Waals surface area contributed by atoms with Crippen molar-refractivity contribution in [3.05, 3.63) is 30.1 Å². The van der Waals surface area contributed by atoms with E-state index in [-0.39, 0.29) is 0 Å². The van der Waals surface area contributed by atoms with Crippen molar-refractivity contribution in [3.8, 4) is 0 Å². The number of ether oxygens (including phenoxy) is 1. The van der Waals surface area contributed by atoms with Gasteiger partial charge in [-0.25, -0.2) is 0 Å². The Bertz CT molecular complexity index is 336. The van der Waals surface area contributed by atoms with Gasteiger partial charge in [0, 0.05) is 25.0 Å². The van der Waals surface area contributed by atoms with Crippen molar-refractivity contribution < 1.29 is 4.74 Å². The Hall–Kier alpha value is -0.930. The predicted octanol–water partition coefficient (Wildman–Crippen LogP) is 2.95. The van der Waals surface area contributed by atoms with Crippen molar-refractivity contribution in [1.29, 1.82) is 0 Å². The highest BCUT2D eigenvalue weighted by Crippen LogP contribution is 2.18. The van der Waals surface area contributed by atoms with E-state index >= 15 is 0 Å². The van der Waals surface area contributed by atoms with Crippen molar-refractivity contribution in [1.82, 2.24) is 10.3 Å². The lowest BCUT2D eigenvalue weighted by atomic mass is 9.98. The van der Waals surface area contributed by atoms with Gasteiger partial charge in [-0.05, 0) is 62.8 Å². The van der Waals surface area contributed by atoms with Crippen molar-refractivity contribution >= 4 is 0 Å². The molecule has 0 bridgehead atoms. The molecular formula is C16H26N2O. The summed E-state index contributed by atoms with van der Waals surface area (Å²) in [4.78, 5) is 4.08. The number of nitrogens with one attached hydrogen (secondary N) is 1. The SMILES string of the molecule is CCNC(CCC1CCCCO1)Cc1ccncc1. The number of pyridine rings is 1. The molecule has 1 aromatic rings. The van der Waals surface area contributed by atoms with E-state index in [0.29, 0.717) is 12.1 Å². The van der Waals surface area contributed by atoms with Gasteiger partial charge in [-0.15, -0.1) is 0 Å². The Kier molecular flexibility index (Phi) is 6.31. The predicted molar refractivity (Wildman–Crippen MR) is 78.2 cm³/mol. The van der Waals surface area contributed by atoms with Crippen LogP contribution in [0.5, 0.6) is 0 Å². The van der Waals surface area contributed by atoms with E-state index in [9.17, 15) is 0 Å². The van der Waals surface area contributed by atoms with Crippen LogP contribution in [0, 0.1) is 0 Å². The molecule has 2 atom stereocenters. The molecular weight excluding hydrogens is 236 g/mol. The maximum atomic E-state index is 5.82. The molecule has 0 spiro atoms. The summed E-state index contributed by atoms with van der Waals surface area (Å²) in [6.45, 7) is 4.17. The zero-order valence-corrected chi connectivity index (χ0v) is 12.0. The molecule has 1 fully saturated rings. The summed E-state index contributed by atoms with van der Waals surface area (Å²) < 4.78 is 5.82. The fourth-order valence-electron chi connectivity index (χ4n) is 2.79. The highest BCUT2D eigenvalue weighted by Gasteiger charge is 2.16. The molecule has 0 saturated carbocycles. The second-order valence-corrected chi connectivity index (χ2v) is 5.38. The number of hydrogen-bond acceptors (Lipinski definition) is 3. The minimum Gasteiger partial charge on any atom is -0.378 e. The summed E-state index contributed by atoms with van der Waals surface area (Å²) in [5.74, 6) is 0. The topological polar surface area (TPSA) is 34.1 Å². The van der Waals surface area contributed by atoms with E-state index in [1.807, 2.05) is 12.4 Å². The maximum Gasteiger partial charge on any atom is 0.0575 e.